The first-order valence-corrected chi connectivity index (χ1v) is 17.5. The minimum absolute atomic E-state index is 0.255. The maximum Gasteiger partial charge on any atom is 0.122 e. The average Bonchev–Trinajstić information content (AvgIpc) is 3.00. The van der Waals surface area contributed by atoms with Gasteiger partial charge >= 0.3 is 0 Å². The molecule has 0 bridgehead atoms. The van der Waals surface area contributed by atoms with Crippen molar-refractivity contribution in [3.8, 4) is 5.75 Å². The van der Waals surface area contributed by atoms with E-state index in [1.807, 2.05) is 86.6 Å². The fraction of sp³-hybridized carbons (Fsp3) is 0.571. The molecule has 46 heavy (non-hydrogen) atoms. The maximum atomic E-state index is 6.89. The molecule has 2 rings (SSSR count). The van der Waals surface area contributed by atoms with Crippen LogP contribution in [0.5, 0.6) is 5.75 Å². The zero-order valence-electron chi connectivity index (χ0n) is 33.2. The van der Waals surface area contributed by atoms with E-state index in [2.05, 4.69) is 95.8 Å². The third-order valence-electron chi connectivity index (χ3n) is 6.32. The lowest BCUT2D eigenvalue weighted by atomic mass is 10.1. The van der Waals surface area contributed by atoms with Crippen molar-refractivity contribution in [2.24, 2.45) is 4.99 Å². The number of hydrogen-bond donors (Lipinski definition) is 2. The Balaban J connectivity index is -0.000000241. The van der Waals surface area contributed by atoms with Crippen LogP contribution in [0.2, 0.25) is 0 Å². The first-order valence-electron chi connectivity index (χ1n) is 17.5. The zero-order chi connectivity index (χ0) is 36.5. The van der Waals surface area contributed by atoms with E-state index in [1.54, 1.807) is 0 Å². The van der Waals surface area contributed by atoms with Gasteiger partial charge in [0.15, 0.2) is 0 Å². The Morgan fingerprint density at radius 2 is 1.39 bits per heavy atom. The van der Waals surface area contributed by atoms with Gasteiger partial charge in [-0.2, -0.15) is 0 Å². The van der Waals surface area contributed by atoms with Gasteiger partial charge in [-0.15, -0.1) is 0 Å². The van der Waals surface area contributed by atoms with Gasteiger partial charge in [-0.25, -0.2) is 0 Å². The van der Waals surface area contributed by atoms with Gasteiger partial charge in [-0.3, -0.25) is 4.99 Å². The molecular formula is C42H75N3O. The first kappa shape index (κ1) is 49.9. The molecule has 2 aromatic rings. The summed E-state index contributed by atoms with van der Waals surface area (Å²) in [6.07, 6.45) is 9.61. The number of ether oxygens (including phenoxy) is 1. The standard InChI is InChI=1S/C11H16O.C9H15N.C8H19N.C7H8.C5H11N.C2H6/c1-8(2)12-11-7-9(3)5-6-10(11)4;1-6-8(4)9(5)10-7(2)3;1-4-6-8(9-3)7-5-2;1-7-5-3-2-4-6-7;1-3-4-5(2)6;1-2/h5-8H,1-4H3;6H,2H2,1,3-5H3;8-9H,4-7H2,1-3H3;2-6H,1H3;6H,3-4H2,1-2H3;1-2H3/b;8-6-,10-9?;;;;. The summed E-state index contributed by atoms with van der Waals surface area (Å²) in [6, 6.07) is 17.3. The second-order valence-electron chi connectivity index (χ2n) is 11.6. The van der Waals surface area contributed by atoms with Crippen molar-refractivity contribution < 1.29 is 4.74 Å². The molecule has 0 aliphatic heterocycles. The quantitative estimate of drug-likeness (QED) is 0.241. The number of nitrogens with one attached hydrogen (secondary N) is 2. The van der Waals surface area contributed by atoms with Gasteiger partial charge in [0.1, 0.15) is 5.75 Å². The first-order chi connectivity index (χ1) is 21.7. The molecule has 0 spiro atoms. The minimum atomic E-state index is 0.255. The molecule has 0 atom stereocenters. The highest BCUT2D eigenvalue weighted by atomic mass is 16.5. The lowest BCUT2D eigenvalue weighted by molar-refractivity contribution is 0.240. The van der Waals surface area contributed by atoms with Crippen LogP contribution in [0.4, 0.5) is 0 Å². The predicted octanol–water partition coefficient (Wildman–Crippen LogP) is 13.1. The molecular weight excluding hydrogens is 562 g/mol. The van der Waals surface area contributed by atoms with Gasteiger partial charge in [0.05, 0.1) is 6.10 Å². The van der Waals surface area contributed by atoms with Crippen LogP contribution in [0.3, 0.4) is 0 Å². The van der Waals surface area contributed by atoms with Gasteiger partial charge < -0.3 is 15.5 Å². The molecule has 4 nitrogen and oxygen atoms in total. The van der Waals surface area contributed by atoms with E-state index >= 15 is 0 Å². The van der Waals surface area contributed by atoms with Crippen molar-refractivity contribution in [3.63, 3.8) is 0 Å². The van der Waals surface area contributed by atoms with Gasteiger partial charge in [0, 0.05) is 23.2 Å². The largest absolute Gasteiger partial charge is 0.491 e. The van der Waals surface area contributed by atoms with Crippen molar-refractivity contribution in [3.05, 3.63) is 89.1 Å². The minimum Gasteiger partial charge on any atom is -0.491 e. The summed E-state index contributed by atoms with van der Waals surface area (Å²) in [6.45, 7) is 34.3. The Hall–Kier alpha value is -2.98. The van der Waals surface area contributed by atoms with E-state index in [4.69, 9.17) is 10.1 Å². The third kappa shape index (κ3) is 35.5. The number of nitrogens with zero attached hydrogens (tertiary/aromatic N) is 1. The molecule has 0 radical (unpaired) electrons. The van der Waals surface area contributed by atoms with E-state index in [-0.39, 0.29) is 6.10 Å². The van der Waals surface area contributed by atoms with Crippen molar-refractivity contribution in [1.29, 1.82) is 5.41 Å². The number of hydrogen-bond acceptors (Lipinski definition) is 4. The van der Waals surface area contributed by atoms with E-state index in [0.717, 1.165) is 41.8 Å². The Bertz CT molecular complexity index is 1050. The second-order valence-corrected chi connectivity index (χ2v) is 11.6. The molecule has 0 aliphatic carbocycles. The van der Waals surface area contributed by atoms with Crippen molar-refractivity contribution in [1.82, 2.24) is 5.32 Å². The molecule has 0 fully saturated rings. The number of aliphatic imine (C=N–C) groups is 1. The molecule has 0 unspecified atom stereocenters. The highest BCUT2D eigenvalue weighted by Crippen LogP contribution is 2.20. The molecule has 0 saturated carbocycles. The van der Waals surface area contributed by atoms with Crippen LogP contribution in [0, 0.1) is 26.2 Å². The van der Waals surface area contributed by atoms with Crippen LogP contribution in [-0.2, 0) is 0 Å². The molecule has 0 aromatic heterocycles. The maximum absolute atomic E-state index is 6.89. The fourth-order valence-electron chi connectivity index (χ4n) is 3.71. The van der Waals surface area contributed by atoms with E-state index in [0.29, 0.717) is 0 Å². The molecule has 0 amide bonds. The van der Waals surface area contributed by atoms with E-state index in [9.17, 15) is 0 Å². The van der Waals surface area contributed by atoms with Crippen molar-refractivity contribution in [2.75, 3.05) is 7.05 Å². The number of rotatable bonds is 11. The number of aryl methyl sites for hydroxylation is 3. The van der Waals surface area contributed by atoms with Crippen LogP contribution in [0.1, 0.15) is 138 Å². The Morgan fingerprint density at radius 1 is 0.870 bits per heavy atom. The van der Waals surface area contributed by atoms with Crippen molar-refractivity contribution >= 4 is 11.4 Å². The smallest absolute Gasteiger partial charge is 0.122 e. The molecule has 0 aliphatic rings. The van der Waals surface area contributed by atoms with Gasteiger partial charge in [0.2, 0.25) is 0 Å². The molecule has 2 aromatic carbocycles. The summed E-state index contributed by atoms with van der Waals surface area (Å²) in [5.41, 5.74) is 7.68. The normalized spacial score (nSPS) is 10.3. The zero-order valence-corrected chi connectivity index (χ0v) is 33.2. The highest BCUT2D eigenvalue weighted by molar-refractivity contribution is 5.98. The van der Waals surface area contributed by atoms with Crippen LogP contribution >= 0.6 is 0 Å². The fourth-order valence-corrected chi connectivity index (χ4v) is 3.71. The van der Waals surface area contributed by atoms with E-state index < -0.39 is 0 Å². The number of allylic oxidation sites excluding steroid dienone is 3. The van der Waals surface area contributed by atoms with Gasteiger partial charge in [0.25, 0.3) is 0 Å². The highest BCUT2D eigenvalue weighted by Gasteiger charge is 2.01. The van der Waals surface area contributed by atoms with Crippen LogP contribution < -0.4 is 10.1 Å². The lowest BCUT2D eigenvalue weighted by Crippen LogP contribution is -2.24. The summed E-state index contributed by atoms with van der Waals surface area (Å²) in [5, 5.41) is 10.2. The predicted molar refractivity (Wildman–Crippen MR) is 213 cm³/mol. The van der Waals surface area contributed by atoms with Crippen LogP contribution in [0.25, 0.3) is 0 Å². The third-order valence-corrected chi connectivity index (χ3v) is 6.32. The van der Waals surface area contributed by atoms with Crippen LogP contribution in [-0.4, -0.2) is 30.6 Å². The van der Waals surface area contributed by atoms with Crippen LogP contribution in [0.15, 0.2) is 77.4 Å². The topological polar surface area (TPSA) is 57.5 Å². The summed E-state index contributed by atoms with van der Waals surface area (Å²) in [7, 11) is 2.05. The molecule has 4 heteroatoms. The molecule has 2 N–H and O–H groups in total. The monoisotopic (exact) mass is 638 g/mol. The Morgan fingerprint density at radius 3 is 1.70 bits per heavy atom. The summed E-state index contributed by atoms with van der Waals surface area (Å²) >= 11 is 0. The summed E-state index contributed by atoms with van der Waals surface area (Å²) < 4.78 is 5.63. The molecule has 264 valence electrons. The Labute approximate surface area is 287 Å². The second kappa shape index (κ2) is 34.9. The van der Waals surface area contributed by atoms with Gasteiger partial charge in [-0.05, 0) is 118 Å². The number of benzene rings is 2. The van der Waals surface area contributed by atoms with E-state index in [1.165, 1.54) is 47.9 Å². The molecule has 0 heterocycles. The van der Waals surface area contributed by atoms with Crippen molar-refractivity contribution in [2.45, 2.75) is 155 Å². The summed E-state index contributed by atoms with van der Waals surface area (Å²) in [5.74, 6) is 1.00. The Kier molecular flexibility index (Phi) is 37.8. The average molecular weight is 638 g/mol. The molecule has 0 saturated heterocycles. The van der Waals surface area contributed by atoms with Gasteiger partial charge in [-0.1, -0.05) is 115 Å². The SMILES string of the molecule is C=C(C)N=C(C)/C(C)=C\C.CC.CCCC(C)=N.CCCC(CCC)NC.Cc1ccc(C)c(OC(C)C)c1.Cc1ccccc1. The summed E-state index contributed by atoms with van der Waals surface area (Å²) in [4.78, 5) is 4.20. The lowest BCUT2D eigenvalue weighted by Gasteiger charge is -2.12.